The molecule has 0 aliphatic heterocycles. The first-order chi connectivity index (χ1) is 7.95. The van der Waals surface area contributed by atoms with Crippen LogP contribution in [0.4, 0.5) is 0 Å². The van der Waals surface area contributed by atoms with Gasteiger partial charge in [-0.25, -0.2) is 8.42 Å². The number of aromatic nitrogens is 1. The predicted octanol–water partition coefficient (Wildman–Crippen LogP) is -0.458. The van der Waals surface area contributed by atoms with E-state index in [2.05, 4.69) is 4.98 Å². The van der Waals surface area contributed by atoms with E-state index in [1.54, 1.807) is 13.0 Å². The highest BCUT2D eigenvalue weighted by atomic mass is 32.2. The molecule has 0 amide bonds. The topological polar surface area (TPSA) is 96.5 Å². The molecule has 1 aromatic heterocycles. The fourth-order valence-corrected chi connectivity index (χ4v) is 2.85. The van der Waals surface area contributed by atoms with Crippen molar-refractivity contribution >= 4 is 10.0 Å². The van der Waals surface area contributed by atoms with Gasteiger partial charge in [-0.2, -0.15) is 4.31 Å². The second-order valence-corrected chi connectivity index (χ2v) is 5.67. The molecule has 6 nitrogen and oxygen atoms in total. The number of aliphatic hydroxyl groups is 1. The molecule has 1 rings (SSSR count). The van der Waals surface area contributed by atoms with Gasteiger partial charge in [0, 0.05) is 25.8 Å². The van der Waals surface area contributed by atoms with E-state index in [1.165, 1.54) is 19.3 Å². The molecule has 1 unspecified atom stereocenters. The quantitative estimate of drug-likeness (QED) is 0.746. The molecule has 17 heavy (non-hydrogen) atoms. The monoisotopic (exact) mass is 259 g/mol. The lowest BCUT2D eigenvalue weighted by molar-refractivity contribution is 0.213. The Morgan fingerprint density at radius 3 is 2.76 bits per heavy atom. The van der Waals surface area contributed by atoms with Gasteiger partial charge < -0.3 is 10.8 Å². The molecule has 0 saturated carbocycles. The standard InChI is InChI=1S/C10H17N3O3S/c1-8(7-14)13(2)17(15,16)10-4-3-5-12-9(10)6-11/h3-5,8,14H,6-7,11H2,1-2H3. The molecule has 1 atom stereocenters. The zero-order valence-electron chi connectivity index (χ0n) is 9.87. The van der Waals surface area contributed by atoms with E-state index >= 15 is 0 Å². The molecular formula is C10H17N3O3S. The summed E-state index contributed by atoms with van der Waals surface area (Å²) in [5, 5.41) is 9.00. The van der Waals surface area contributed by atoms with Crippen LogP contribution in [0.15, 0.2) is 23.2 Å². The van der Waals surface area contributed by atoms with Crippen LogP contribution >= 0.6 is 0 Å². The summed E-state index contributed by atoms with van der Waals surface area (Å²) in [6.07, 6.45) is 1.50. The van der Waals surface area contributed by atoms with E-state index in [0.29, 0.717) is 5.69 Å². The van der Waals surface area contributed by atoms with E-state index in [1.807, 2.05) is 0 Å². The summed E-state index contributed by atoms with van der Waals surface area (Å²) in [5.41, 5.74) is 5.78. The number of nitrogens with two attached hydrogens (primary N) is 1. The Kier molecular flexibility index (Phi) is 4.58. The van der Waals surface area contributed by atoms with Crippen LogP contribution < -0.4 is 5.73 Å². The minimum absolute atomic E-state index is 0.0523. The number of pyridine rings is 1. The summed E-state index contributed by atoms with van der Waals surface area (Å²) in [7, 11) is -2.24. The van der Waals surface area contributed by atoms with Gasteiger partial charge in [-0.15, -0.1) is 0 Å². The van der Waals surface area contributed by atoms with Crippen molar-refractivity contribution in [2.45, 2.75) is 24.4 Å². The molecule has 3 N–H and O–H groups in total. The molecule has 0 aromatic carbocycles. The number of nitrogens with zero attached hydrogens (tertiary/aromatic N) is 2. The Morgan fingerprint density at radius 1 is 1.59 bits per heavy atom. The van der Waals surface area contributed by atoms with E-state index in [0.717, 1.165) is 4.31 Å². The van der Waals surface area contributed by atoms with Crippen molar-refractivity contribution in [2.75, 3.05) is 13.7 Å². The second-order valence-electron chi connectivity index (χ2n) is 3.71. The summed E-state index contributed by atoms with van der Waals surface area (Å²) in [6.45, 7) is 1.43. The lowest BCUT2D eigenvalue weighted by atomic mass is 10.3. The van der Waals surface area contributed by atoms with Crippen LogP contribution in [-0.2, 0) is 16.6 Å². The number of hydrogen-bond donors (Lipinski definition) is 2. The fourth-order valence-electron chi connectivity index (χ4n) is 1.32. The number of likely N-dealkylation sites (N-methyl/N-ethyl adjacent to an activating group) is 1. The van der Waals surface area contributed by atoms with Gasteiger partial charge in [0.1, 0.15) is 4.90 Å². The van der Waals surface area contributed by atoms with E-state index in [-0.39, 0.29) is 18.0 Å². The molecule has 0 spiro atoms. The molecular weight excluding hydrogens is 242 g/mol. The van der Waals surface area contributed by atoms with Gasteiger partial charge in [0.15, 0.2) is 0 Å². The van der Waals surface area contributed by atoms with Gasteiger partial charge in [0.25, 0.3) is 0 Å². The van der Waals surface area contributed by atoms with Gasteiger partial charge >= 0.3 is 0 Å². The maximum absolute atomic E-state index is 12.2. The number of sulfonamides is 1. The maximum Gasteiger partial charge on any atom is 0.245 e. The third-order valence-electron chi connectivity index (χ3n) is 2.58. The number of rotatable bonds is 5. The summed E-state index contributed by atoms with van der Waals surface area (Å²) in [4.78, 5) is 4.03. The molecule has 0 bridgehead atoms. The van der Waals surface area contributed by atoms with Crippen molar-refractivity contribution < 1.29 is 13.5 Å². The number of hydrogen-bond acceptors (Lipinski definition) is 5. The van der Waals surface area contributed by atoms with Crippen molar-refractivity contribution in [2.24, 2.45) is 5.73 Å². The largest absolute Gasteiger partial charge is 0.395 e. The maximum atomic E-state index is 12.2. The van der Waals surface area contributed by atoms with Crippen LogP contribution in [0.5, 0.6) is 0 Å². The van der Waals surface area contributed by atoms with Gasteiger partial charge in [0.05, 0.1) is 12.3 Å². The van der Waals surface area contributed by atoms with Crippen LogP contribution in [0, 0.1) is 0 Å². The van der Waals surface area contributed by atoms with Crippen LogP contribution in [-0.4, -0.2) is 42.5 Å². The summed E-state index contributed by atoms with van der Waals surface area (Å²) in [6, 6.07) is 2.51. The SMILES string of the molecule is CC(CO)N(C)S(=O)(=O)c1cccnc1CN. The smallest absolute Gasteiger partial charge is 0.245 e. The summed E-state index contributed by atoms with van der Waals surface area (Å²) < 4.78 is 25.6. The number of aliphatic hydroxyl groups excluding tert-OH is 1. The highest BCUT2D eigenvalue weighted by molar-refractivity contribution is 7.89. The Labute approximate surface area is 101 Å². The van der Waals surface area contributed by atoms with Gasteiger partial charge in [-0.05, 0) is 19.1 Å². The van der Waals surface area contributed by atoms with E-state index in [4.69, 9.17) is 10.8 Å². The van der Waals surface area contributed by atoms with Crippen molar-refractivity contribution in [1.82, 2.24) is 9.29 Å². The summed E-state index contributed by atoms with van der Waals surface area (Å²) in [5.74, 6) is 0. The molecule has 0 aliphatic rings. The van der Waals surface area contributed by atoms with E-state index < -0.39 is 16.1 Å². The zero-order chi connectivity index (χ0) is 13.1. The molecule has 0 radical (unpaired) electrons. The molecule has 1 heterocycles. The Hall–Kier alpha value is -1.02. The molecule has 0 aliphatic carbocycles. The minimum Gasteiger partial charge on any atom is -0.395 e. The highest BCUT2D eigenvalue weighted by Crippen LogP contribution is 2.18. The minimum atomic E-state index is -3.66. The molecule has 0 fully saturated rings. The van der Waals surface area contributed by atoms with Crippen LogP contribution in [0.2, 0.25) is 0 Å². The Balaban J connectivity index is 3.22. The predicted molar refractivity (Wildman–Crippen MR) is 63.6 cm³/mol. The lowest BCUT2D eigenvalue weighted by Gasteiger charge is -2.23. The van der Waals surface area contributed by atoms with Crippen molar-refractivity contribution in [3.63, 3.8) is 0 Å². The van der Waals surface area contributed by atoms with Gasteiger partial charge in [-0.1, -0.05) is 0 Å². The fraction of sp³-hybridized carbons (Fsp3) is 0.500. The highest BCUT2D eigenvalue weighted by Gasteiger charge is 2.27. The average molecular weight is 259 g/mol. The van der Waals surface area contributed by atoms with Gasteiger partial charge in [0.2, 0.25) is 10.0 Å². The first-order valence-electron chi connectivity index (χ1n) is 5.18. The van der Waals surface area contributed by atoms with Crippen LogP contribution in [0.3, 0.4) is 0 Å². The van der Waals surface area contributed by atoms with Crippen LogP contribution in [0.1, 0.15) is 12.6 Å². The second kappa shape index (κ2) is 5.54. The lowest BCUT2D eigenvalue weighted by Crippen LogP contribution is -2.37. The van der Waals surface area contributed by atoms with Crippen molar-refractivity contribution in [3.05, 3.63) is 24.0 Å². The zero-order valence-corrected chi connectivity index (χ0v) is 10.7. The molecule has 1 aromatic rings. The molecule has 96 valence electrons. The van der Waals surface area contributed by atoms with Crippen molar-refractivity contribution in [1.29, 1.82) is 0 Å². The Morgan fingerprint density at radius 2 is 2.24 bits per heavy atom. The molecule has 7 heteroatoms. The normalized spacial score (nSPS) is 13.9. The first kappa shape index (κ1) is 14.0. The molecule has 0 saturated heterocycles. The third-order valence-corrected chi connectivity index (χ3v) is 4.63. The first-order valence-corrected chi connectivity index (χ1v) is 6.62. The van der Waals surface area contributed by atoms with Crippen LogP contribution in [0.25, 0.3) is 0 Å². The van der Waals surface area contributed by atoms with Gasteiger partial charge in [-0.3, -0.25) is 4.98 Å². The average Bonchev–Trinajstić information content (AvgIpc) is 2.36. The van der Waals surface area contributed by atoms with Crippen molar-refractivity contribution in [3.8, 4) is 0 Å². The Bertz CT molecular complexity index is 475. The van der Waals surface area contributed by atoms with E-state index in [9.17, 15) is 8.42 Å². The summed E-state index contributed by atoms with van der Waals surface area (Å²) >= 11 is 0. The third kappa shape index (κ3) is 2.81.